The standard InChI is InChI=1S/C19H29N3O2/c1-4-14-9-7-8-10-16(14)22-12-15(11-17(22)23)18(24)21-13-19(20,5-2)6-3/h7-10,15H,4-6,11-13,20H2,1-3H3,(H,21,24). The number of anilines is 1. The maximum Gasteiger partial charge on any atom is 0.227 e. The number of rotatable bonds is 7. The molecule has 0 bridgehead atoms. The third kappa shape index (κ3) is 3.96. The van der Waals surface area contributed by atoms with Gasteiger partial charge in [0.25, 0.3) is 0 Å². The van der Waals surface area contributed by atoms with Gasteiger partial charge in [-0.3, -0.25) is 9.59 Å². The molecule has 1 aliphatic heterocycles. The summed E-state index contributed by atoms with van der Waals surface area (Å²) in [6.07, 6.45) is 2.74. The van der Waals surface area contributed by atoms with Gasteiger partial charge in [0.05, 0.1) is 5.92 Å². The van der Waals surface area contributed by atoms with Crippen molar-refractivity contribution in [2.75, 3.05) is 18.0 Å². The van der Waals surface area contributed by atoms with E-state index in [9.17, 15) is 9.59 Å². The van der Waals surface area contributed by atoms with Gasteiger partial charge in [-0.05, 0) is 30.9 Å². The molecule has 1 heterocycles. The van der Waals surface area contributed by atoms with E-state index in [1.807, 2.05) is 38.1 Å². The van der Waals surface area contributed by atoms with Crippen molar-refractivity contribution in [2.45, 2.75) is 52.0 Å². The number of carbonyl (C=O) groups is 2. The van der Waals surface area contributed by atoms with Crippen molar-refractivity contribution in [3.63, 3.8) is 0 Å². The molecule has 1 aromatic rings. The summed E-state index contributed by atoms with van der Waals surface area (Å²) in [6.45, 7) is 7.02. The Kier molecular flexibility index (Phi) is 5.99. The van der Waals surface area contributed by atoms with Crippen molar-refractivity contribution in [3.05, 3.63) is 29.8 Å². The van der Waals surface area contributed by atoms with E-state index in [0.29, 0.717) is 13.1 Å². The van der Waals surface area contributed by atoms with Crippen LogP contribution in [0.25, 0.3) is 0 Å². The Hall–Kier alpha value is -1.88. The number of nitrogens with two attached hydrogens (primary N) is 1. The molecule has 24 heavy (non-hydrogen) atoms. The summed E-state index contributed by atoms with van der Waals surface area (Å²) in [5.41, 5.74) is 7.92. The van der Waals surface area contributed by atoms with E-state index in [-0.39, 0.29) is 29.7 Å². The van der Waals surface area contributed by atoms with Crippen LogP contribution in [0, 0.1) is 5.92 Å². The van der Waals surface area contributed by atoms with Gasteiger partial charge < -0.3 is 16.0 Å². The summed E-state index contributed by atoms with van der Waals surface area (Å²) in [7, 11) is 0. The molecule has 1 aliphatic rings. The van der Waals surface area contributed by atoms with E-state index in [1.165, 1.54) is 0 Å². The Morgan fingerprint density at radius 2 is 1.96 bits per heavy atom. The molecule has 1 saturated heterocycles. The average molecular weight is 331 g/mol. The lowest BCUT2D eigenvalue weighted by molar-refractivity contribution is -0.126. The largest absolute Gasteiger partial charge is 0.354 e. The Balaban J connectivity index is 2.03. The lowest BCUT2D eigenvalue weighted by Crippen LogP contribution is -2.50. The van der Waals surface area contributed by atoms with Crippen molar-refractivity contribution < 1.29 is 9.59 Å². The Morgan fingerprint density at radius 3 is 2.58 bits per heavy atom. The van der Waals surface area contributed by atoms with Crippen LogP contribution in [0.5, 0.6) is 0 Å². The first-order valence-electron chi connectivity index (χ1n) is 8.89. The summed E-state index contributed by atoms with van der Waals surface area (Å²) < 4.78 is 0. The van der Waals surface area contributed by atoms with E-state index in [1.54, 1.807) is 4.90 Å². The predicted octanol–water partition coefficient (Wildman–Crippen LogP) is 2.24. The summed E-state index contributed by atoms with van der Waals surface area (Å²) in [5, 5.41) is 2.95. The number of benzene rings is 1. The molecule has 5 nitrogen and oxygen atoms in total. The van der Waals surface area contributed by atoms with Crippen LogP contribution in [0.3, 0.4) is 0 Å². The van der Waals surface area contributed by atoms with Gasteiger partial charge in [-0.25, -0.2) is 0 Å². The fourth-order valence-corrected chi connectivity index (χ4v) is 3.10. The van der Waals surface area contributed by atoms with Gasteiger partial charge in [-0.2, -0.15) is 0 Å². The molecule has 0 saturated carbocycles. The first-order valence-corrected chi connectivity index (χ1v) is 8.89. The second kappa shape index (κ2) is 7.79. The maximum atomic E-state index is 12.5. The Morgan fingerprint density at radius 1 is 1.29 bits per heavy atom. The Bertz CT molecular complexity index is 596. The molecule has 0 radical (unpaired) electrons. The minimum absolute atomic E-state index is 0.0149. The molecule has 2 rings (SSSR count). The number of para-hydroxylation sites is 1. The first kappa shape index (κ1) is 18.5. The second-order valence-electron chi connectivity index (χ2n) is 6.67. The molecule has 5 heteroatoms. The van der Waals surface area contributed by atoms with Crippen LogP contribution in [-0.4, -0.2) is 30.4 Å². The van der Waals surface area contributed by atoms with Crippen molar-refractivity contribution in [3.8, 4) is 0 Å². The highest BCUT2D eigenvalue weighted by atomic mass is 16.2. The Labute approximate surface area is 144 Å². The van der Waals surface area contributed by atoms with Gasteiger partial charge in [0.2, 0.25) is 11.8 Å². The van der Waals surface area contributed by atoms with Crippen LogP contribution in [0.2, 0.25) is 0 Å². The number of nitrogens with one attached hydrogen (secondary N) is 1. The maximum absolute atomic E-state index is 12.5. The number of hydrogen-bond acceptors (Lipinski definition) is 3. The molecule has 2 amide bonds. The predicted molar refractivity (Wildman–Crippen MR) is 96.8 cm³/mol. The van der Waals surface area contributed by atoms with E-state index in [2.05, 4.69) is 12.2 Å². The van der Waals surface area contributed by atoms with Crippen LogP contribution < -0.4 is 16.0 Å². The van der Waals surface area contributed by atoms with Crippen LogP contribution in [0.1, 0.15) is 45.6 Å². The molecule has 132 valence electrons. The number of carbonyl (C=O) groups excluding carboxylic acids is 2. The van der Waals surface area contributed by atoms with Gasteiger partial charge in [-0.1, -0.05) is 39.0 Å². The summed E-state index contributed by atoms with van der Waals surface area (Å²) in [5.74, 6) is -0.363. The highest BCUT2D eigenvalue weighted by molar-refractivity contribution is 6.00. The molecular weight excluding hydrogens is 302 g/mol. The molecule has 1 atom stereocenters. The van der Waals surface area contributed by atoms with E-state index in [4.69, 9.17) is 5.73 Å². The first-order chi connectivity index (χ1) is 11.4. The molecule has 0 spiro atoms. The lowest BCUT2D eigenvalue weighted by Gasteiger charge is -2.27. The number of amides is 2. The molecular formula is C19H29N3O2. The van der Waals surface area contributed by atoms with Gasteiger partial charge in [-0.15, -0.1) is 0 Å². The number of aryl methyl sites for hydroxylation is 1. The zero-order chi connectivity index (χ0) is 17.7. The summed E-state index contributed by atoms with van der Waals surface area (Å²) >= 11 is 0. The zero-order valence-corrected chi connectivity index (χ0v) is 15.0. The molecule has 1 unspecified atom stereocenters. The molecule has 1 aromatic carbocycles. The highest BCUT2D eigenvalue weighted by Gasteiger charge is 2.36. The number of nitrogens with zero attached hydrogens (tertiary/aromatic N) is 1. The topological polar surface area (TPSA) is 75.4 Å². The fraction of sp³-hybridized carbons (Fsp3) is 0.579. The minimum atomic E-state index is -0.368. The smallest absolute Gasteiger partial charge is 0.227 e. The summed E-state index contributed by atoms with van der Waals surface area (Å²) in [4.78, 5) is 26.6. The zero-order valence-electron chi connectivity index (χ0n) is 15.0. The van der Waals surface area contributed by atoms with Crippen molar-refractivity contribution in [2.24, 2.45) is 11.7 Å². The molecule has 3 N–H and O–H groups in total. The van der Waals surface area contributed by atoms with Crippen LogP contribution >= 0.6 is 0 Å². The second-order valence-corrected chi connectivity index (χ2v) is 6.67. The van der Waals surface area contributed by atoms with Crippen LogP contribution in [0.15, 0.2) is 24.3 Å². The van der Waals surface area contributed by atoms with E-state index < -0.39 is 0 Å². The quantitative estimate of drug-likeness (QED) is 0.804. The molecule has 1 fully saturated rings. The summed E-state index contributed by atoms with van der Waals surface area (Å²) in [6, 6.07) is 7.89. The van der Waals surface area contributed by atoms with Gasteiger partial charge in [0, 0.05) is 30.7 Å². The highest BCUT2D eigenvalue weighted by Crippen LogP contribution is 2.28. The van der Waals surface area contributed by atoms with Crippen LogP contribution in [-0.2, 0) is 16.0 Å². The van der Waals surface area contributed by atoms with Gasteiger partial charge >= 0.3 is 0 Å². The van der Waals surface area contributed by atoms with Gasteiger partial charge in [0.15, 0.2) is 0 Å². The van der Waals surface area contributed by atoms with Crippen molar-refractivity contribution >= 4 is 17.5 Å². The monoisotopic (exact) mass is 331 g/mol. The third-order valence-electron chi connectivity index (χ3n) is 5.18. The fourth-order valence-electron chi connectivity index (χ4n) is 3.10. The van der Waals surface area contributed by atoms with E-state index >= 15 is 0 Å². The average Bonchev–Trinajstić information content (AvgIpc) is 3.01. The lowest BCUT2D eigenvalue weighted by atomic mass is 9.94. The third-order valence-corrected chi connectivity index (χ3v) is 5.18. The van der Waals surface area contributed by atoms with E-state index in [0.717, 1.165) is 30.5 Å². The molecule has 0 aliphatic carbocycles. The molecule has 0 aromatic heterocycles. The van der Waals surface area contributed by atoms with Gasteiger partial charge in [0.1, 0.15) is 0 Å². The minimum Gasteiger partial charge on any atom is -0.354 e. The normalized spacial score (nSPS) is 18.1. The van der Waals surface area contributed by atoms with Crippen molar-refractivity contribution in [1.29, 1.82) is 0 Å². The SMILES string of the molecule is CCc1ccccc1N1CC(C(=O)NCC(N)(CC)CC)CC1=O. The van der Waals surface area contributed by atoms with Crippen molar-refractivity contribution in [1.82, 2.24) is 5.32 Å². The number of hydrogen-bond donors (Lipinski definition) is 2. The van der Waals surface area contributed by atoms with Crippen LogP contribution in [0.4, 0.5) is 5.69 Å².